The van der Waals surface area contributed by atoms with Crippen LogP contribution < -0.4 is 0 Å². The van der Waals surface area contributed by atoms with Crippen LogP contribution in [-0.4, -0.2) is 24.0 Å². The molecule has 1 nitrogen and oxygen atoms in total. The summed E-state index contributed by atoms with van der Waals surface area (Å²) in [5, 5.41) is 0. The summed E-state index contributed by atoms with van der Waals surface area (Å²) < 4.78 is 0. The summed E-state index contributed by atoms with van der Waals surface area (Å²) in [7, 11) is 0. The average molecular weight is 324 g/mol. The van der Waals surface area contributed by atoms with E-state index < -0.39 is 0 Å². The molecule has 1 aliphatic heterocycles. The molecule has 0 saturated carbocycles. The topological polar surface area (TPSA) is 3.24 Å². The van der Waals surface area contributed by atoms with E-state index in [4.69, 9.17) is 0 Å². The largest absolute Gasteiger partial charge is 0.300 e. The highest BCUT2D eigenvalue weighted by atomic mass is 15.1. The molecule has 0 aromatic heterocycles. The molecule has 0 unspecified atom stereocenters. The Bertz CT molecular complexity index is 216. The van der Waals surface area contributed by atoms with Crippen LogP contribution in [0.5, 0.6) is 0 Å². The molecule has 0 amide bonds. The molecule has 1 aliphatic rings. The van der Waals surface area contributed by atoms with Gasteiger partial charge in [-0.05, 0) is 38.8 Å². The molecular weight excluding hydrogens is 278 g/mol. The van der Waals surface area contributed by atoms with Gasteiger partial charge in [0.15, 0.2) is 0 Å². The molecule has 23 heavy (non-hydrogen) atoms. The van der Waals surface area contributed by atoms with Gasteiger partial charge in [0.25, 0.3) is 0 Å². The fourth-order valence-electron chi connectivity index (χ4n) is 4.11. The first-order valence-electron chi connectivity index (χ1n) is 11.1. The summed E-state index contributed by atoms with van der Waals surface area (Å²) in [6.45, 7) is 7.40. The summed E-state index contributed by atoms with van der Waals surface area (Å²) in [5.41, 5.74) is 0. The van der Waals surface area contributed by atoms with Gasteiger partial charge in [-0.25, -0.2) is 0 Å². The van der Waals surface area contributed by atoms with Gasteiger partial charge >= 0.3 is 0 Å². The van der Waals surface area contributed by atoms with Crippen LogP contribution in [0.2, 0.25) is 0 Å². The Morgan fingerprint density at radius 3 is 1.48 bits per heavy atom. The average Bonchev–Trinajstić information content (AvgIpc) is 2.53. The van der Waals surface area contributed by atoms with E-state index >= 15 is 0 Å². The van der Waals surface area contributed by atoms with Gasteiger partial charge in [-0.3, -0.25) is 0 Å². The van der Waals surface area contributed by atoms with Crippen molar-refractivity contribution < 1.29 is 0 Å². The maximum Gasteiger partial charge on any atom is 0.00952 e. The quantitative estimate of drug-likeness (QED) is 0.320. The predicted molar refractivity (Wildman–Crippen MR) is 105 cm³/mol. The maximum atomic E-state index is 2.89. The number of unbranched alkanes of at least 4 members (excludes halogenated alkanes) is 8. The zero-order valence-corrected chi connectivity index (χ0v) is 16.5. The summed E-state index contributed by atoms with van der Waals surface area (Å²) in [6, 6.07) is 0.899. The van der Waals surface area contributed by atoms with E-state index in [9.17, 15) is 0 Å². The van der Waals surface area contributed by atoms with Crippen molar-refractivity contribution in [1.29, 1.82) is 0 Å². The second-order valence-electron chi connectivity index (χ2n) is 7.86. The fraction of sp³-hybridized carbons (Fsp3) is 1.00. The Morgan fingerprint density at radius 1 is 0.565 bits per heavy atom. The van der Waals surface area contributed by atoms with Crippen LogP contribution in [0.1, 0.15) is 123 Å². The minimum Gasteiger partial charge on any atom is -0.300 e. The molecular formula is C22H45N. The van der Waals surface area contributed by atoms with Crippen LogP contribution in [0.3, 0.4) is 0 Å². The molecule has 0 aliphatic carbocycles. The van der Waals surface area contributed by atoms with E-state index in [1.54, 1.807) is 0 Å². The van der Waals surface area contributed by atoms with Gasteiger partial charge in [-0.15, -0.1) is 0 Å². The van der Waals surface area contributed by atoms with Crippen molar-refractivity contribution in [3.8, 4) is 0 Å². The van der Waals surface area contributed by atoms with Crippen molar-refractivity contribution in [3.63, 3.8) is 0 Å². The number of likely N-dealkylation sites (tertiary alicyclic amines) is 1. The number of nitrogens with zero attached hydrogens (tertiary/aromatic N) is 1. The zero-order valence-electron chi connectivity index (χ0n) is 16.5. The first-order valence-corrected chi connectivity index (χ1v) is 11.1. The van der Waals surface area contributed by atoms with Gasteiger partial charge in [0.05, 0.1) is 0 Å². The summed E-state index contributed by atoms with van der Waals surface area (Å²) in [4.78, 5) is 2.89. The Balaban J connectivity index is 2.32. The SMILES string of the molecule is CCCCCCCC(CCCCCCC)N1CCCCCCC1. The molecule has 0 spiro atoms. The molecule has 1 rings (SSSR count). The molecule has 1 heterocycles. The van der Waals surface area contributed by atoms with Crippen LogP contribution in [-0.2, 0) is 0 Å². The number of rotatable bonds is 13. The predicted octanol–water partition coefficient (Wildman–Crippen LogP) is 7.34. The van der Waals surface area contributed by atoms with Crippen molar-refractivity contribution in [2.45, 2.75) is 129 Å². The van der Waals surface area contributed by atoms with E-state index in [1.807, 2.05) is 0 Å². The molecule has 0 N–H and O–H groups in total. The first-order chi connectivity index (χ1) is 11.4. The Morgan fingerprint density at radius 2 is 1.00 bits per heavy atom. The molecule has 1 heteroatoms. The highest BCUT2D eigenvalue weighted by Gasteiger charge is 2.18. The third-order valence-corrected chi connectivity index (χ3v) is 5.69. The van der Waals surface area contributed by atoms with Gasteiger partial charge in [0, 0.05) is 6.04 Å². The lowest BCUT2D eigenvalue weighted by Gasteiger charge is -2.33. The summed E-state index contributed by atoms with van der Waals surface area (Å²) in [5.74, 6) is 0. The van der Waals surface area contributed by atoms with Crippen LogP contribution in [0.4, 0.5) is 0 Å². The lowest BCUT2D eigenvalue weighted by molar-refractivity contribution is 0.156. The highest BCUT2D eigenvalue weighted by molar-refractivity contribution is 4.74. The van der Waals surface area contributed by atoms with Gasteiger partial charge in [-0.2, -0.15) is 0 Å². The van der Waals surface area contributed by atoms with E-state index in [-0.39, 0.29) is 0 Å². The third kappa shape index (κ3) is 11.2. The smallest absolute Gasteiger partial charge is 0.00952 e. The molecule has 138 valence electrons. The summed E-state index contributed by atoms with van der Waals surface area (Å²) in [6.07, 6.45) is 24.6. The first kappa shape index (κ1) is 21.0. The molecule has 0 radical (unpaired) electrons. The second-order valence-corrected chi connectivity index (χ2v) is 7.86. The van der Waals surface area contributed by atoms with Crippen molar-refractivity contribution >= 4 is 0 Å². The lowest BCUT2D eigenvalue weighted by atomic mass is 9.97. The Hall–Kier alpha value is -0.0400. The van der Waals surface area contributed by atoms with Crippen molar-refractivity contribution in [1.82, 2.24) is 4.90 Å². The lowest BCUT2D eigenvalue weighted by Crippen LogP contribution is -2.37. The van der Waals surface area contributed by atoms with Crippen molar-refractivity contribution in [2.75, 3.05) is 13.1 Å². The molecule has 0 atom stereocenters. The normalized spacial score (nSPS) is 17.3. The van der Waals surface area contributed by atoms with Gasteiger partial charge in [-0.1, -0.05) is 97.3 Å². The maximum absolute atomic E-state index is 2.89. The van der Waals surface area contributed by atoms with Crippen LogP contribution >= 0.6 is 0 Å². The van der Waals surface area contributed by atoms with E-state index in [0.717, 1.165) is 6.04 Å². The van der Waals surface area contributed by atoms with Crippen LogP contribution in [0.15, 0.2) is 0 Å². The standard InChI is InChI=1S/C22H45N/c1-3-5-7-10-14-18-22(19-15-11-8-6-4-2)23-20-16-12-9-13-17-21-23/h22H,3-21H2,1-2H3. The Labute approximate surface area is 147 Å². The van der Waals surface area contributed by atoms with Crippen molar-refractivity contribution in [3.05, 3.63) is 0 Å². The van der Waals surface area contributed by atoms with E-state index in [1.165, 1.54) is 122 Å². The second kappa shape index (κ2) is 15.5. The number of hydrogen-bond acceptors (Lipinski definition) is 1. The Kier molecular flexibility index (Phi) is 14.1. The van der Waals surface area contributed by atoms with Gasteiger partial charge < -0.3 is 4.90 Å². The van der Waals surface area contributed by atoms with Gasteiger partial charge in [0.1, 0.15) is 0 Å². The molecule has 0 bridgehead atoms. The fourth-order valence-corrected chi connectivity index (χ4v) is 4.11. The minimum absolute atomic E-state index is 0.899. The number of hydrogen-bond donors (Lipinski definition) is 0. The third-order valence-electron chi connectivity index (χ3n) is 5.69. The molecule has 0 aromatic carbocycles. The zero-order chi connectivity index (χ0) is 16.6. The van der Waals surface area contributed by atoms with Crippen molar-refractivity contribution in [2.24, 2.45) is 0 Å². The minimum atomic E-state index is 0.899. The van der Waals surface area contributed by atoms with Crippen LogP contribution in [0, 0.1) is 0 Å². The van der Waals surface area contributed by atoms with E-state index in [2.05, 4.69) is 18.7 Å². The molecule has 1 saturated heterocycles. The monoisotopic (exact) mass is 323 g/mol. The summed E-state index contributed by atoms with van der Waals surface area (Å²) >= 11 is 0. The van der Waals surface area contributed by atoms with Crippen LogP contribution in [0.25, 0.3) is 0 Å². The molecule has 0 aromatic rings. The van der Waals surface area contributed by atoms with E-state index in [0.29, 0.717) is 0 Å². The van der Waals surface area contributed by atoms with Gasteiger partial charge in [0.2, 0.25) is 0 Å². The highest BCUT2D eigenvalue weighted by Crippen LogP contribution is 2.21. The molecule has 1 fully saturated rings.